The monoisotopic (exact) mass is 310 g/mol. The quantitative estimate of drug-likeness (QED) is 0.382. The van der Waals surface area contributed by atoms with Gasteiger partial charge < -0.3 is 15.7 Å². The third-order valence-corrected chi connectivity index (χ3v) is 2.99. The van der Waals surface area contributed by atoms with Gasteiger partial charge in [-0.25, -0.2) is 0 Å². The van der Waals surface area contributed by atoms with Crippen LogP contribution in [0, 0.1) is 0 Å². The Hall–Kier alpha value is -1.78. The van der Waals surface area contributed by atoms with Gasteiger partial charge in [0.1, 0.15) is 0 Å². The van der Waals surface area contributed by atoms with Crippen LogP contribution in [-0.2, 0) is 9.59 Å². The Morgan fingerprint density at radius 2 is 1.82 bits per heavy atom. The fraction of sp³-hybridized carbons (Fsp3) is 0.647. The fourth-order valence-corrected chi connectivity index (χ4v) is 1.89. The molecule has 0 fully saturated rings. The van der Waals surface area contributed by atoms with Crippen LogP contribution in [-0.4, -0.2) is 29.6 Å². The van der Waals surface area contributed by atoms with Gasteiger partial charge in [0.25, 0.3) is 0 Å². The molecule has 0 aromatic heterocycles. The highest BCUT2D eigenvalue weighted by Crippen LogP contribution is 2.03. The van der Waals surface area contributed by atoms with E-state index in [4.69, 9.17) is 5.11 Å². The second-order valence-corrected chi connectivity index (χ2v) is 5.54. The van der Waals surface area contributed by atoms with E-state index in [0.29, 0.717) is 25.4 Å². The van der Waals surface area contributed by atoms with Gasteiger partial charge in [-0.3, -0.25) is 9.59 Å². The molecule has 0 unspecified atom stereocenters. The molecule has 22 heavy (non-hydrogen) atoms. The summed E-state index contributed by atoms with van der Waals surface area (Å²) in [6.45, 7) is 6.80. The molecule has 5 heteroatoms. The second kappa shape index (κ2) is 12.9. The number of carboxylic acids is 1. The van der Waals surface area contributed by atoms with Crippen LogP contribution in [0.5, 0.6) is 0 Å². The maximum atomic E-state index is 11.6. The van der Waals surface area contributed by atoms with E-state index in [1.165, 1.54) is 0 Å². The predicted octanol–water partition coefficient (Wildman–Crippen LogP) is 2.99. The third-order valence-electron chi connectivity index (χ3n) is 2.99. The third kappa shape index (κ3) is 13.2. The molecule has 0 rings (SSSR count). The standard InChI is InChI=1S/C17H30N2O3/c1-4-15(19-14(2)3)10-8-9-13-18-16(20)11-6-5-7-12-17(21)22/h4,8,10,14,19H,5-7,9,11-13H2,1-3H3,(H,18,20)(H,21,22)/b10-8-,15-4+. The highest BCUT2D eigenvalue weighted by molar-refractivity contribution is 5.75. The van der Waals surface area contributed by atoms with Crippen molar-refractivity contribution in [2.45, 2.75) is 65.3 Å². The number of unbranched alkanes of at least 4 members (excludes halogenated alkanes) is 2. The number of nitrogens with one attached hydrogen (secondary N) is 2. The van der Waals surface area contributed by atoms with Gasteiger partial charge in [-0.2, -0.15) is 0 Å². The number of amides is 1. The molecule has 0 radical (unpaired) electrons. The summed E-state index contributed by atoms with van der Waals surface area (Å²) in [5.74, 6) is -0.737. The Kier molecular flexibility index (Phi) is 11.9. The van der Waals surface area contributed by atoms with Gasteiger partial charge in [0, 0.05) is 31.1 Å². The summed E-state index contributed by atoms with van der Waals surface area (Å²) in [4.78, 5) is 21.9. The molecular weight excluding hydrogens is 280 g/mol. The molecule has 0 aromatic carbocycles. The summed E-state index contributed by atoms with van der Waals surface area (Å²) in [5.41, 5.74) is 1.08. The Balaban J connectivity index is 3.65. The molecule has 0 spiro atoms. The molecule has 5 nitrogen and oxygen atoms in total. The zero-order valence-electron chi connectivity index (χ0n) is 14.0. The van der Waals surface area contributed by atoms with Gasteiger partial charge in [-0.05, 0) is 46.1 Å². The summed E-state index contributed by atoms with van der Waals surface area (Å²) in [7, 11) is 0. The number of aliphatic carboxylic acids is 1. The molecule has 0 saturated heterocycles. The smallest absolute Gasteiger partial charge is 0.303 e. The van der Waals surface area contributed by atoms with Gasteiger partial charge in [-0.1, -0.05) is 18.6 Å². The van der Waals surface area contributed by atoms with E-state index in [0.717, 1.165) is 25.0 Å². The van der Waals surface area contributed by atoms with Crippen LogP contribution in [0.25, 0.3) is 0 Å². The number of carboxylic acid groups (broad SMARTS) is 1. The molecule has 0 aliphatic rings. The van der Waals surface area contributed by atoms with Crippen molar-refractivity contribution in [2.24, 2.45) is 0 Å². The Labute approximate surface area is 133 Å². The second-order valence-electron chi connectivity index (χ2n) is 5.54. The first-order valence-electron chi connectivity index (χ1n) is 8.03. The lowest BCUT2D eigenvalue weighted by atomic mass is 10.1. The summed E-state index contributed by atoms with van der Waals surface area (Å²) < 4.78 is 0. The summed E-state index contributed by atoms with van der Waals surface area (Å²) in [6, 6.07) is 0.400. The lowest BCUT2D eigenvalue weighted by molar-refractivity contribution is -0.137. The van der Waals surface area contributed by atoms with E-state index in [2.05, 4.69) is 24.5 Å². The molecule has 0 atom stereocenters. The Morgan fingerprint density at radius 1 is 1.14 bits per heavy atom. The highest BCUT2D eigenvalue weighted by atomic mass is 16.4. The normalized spacial score (nSPS) is 11.9. The van der Waals surface area contributed by atoms with Crippen LogP contribution in [0.15, 0.2) is 23.9 Å². The van der Waals surface area contributed by atoms with Gasteiger partial charge in [0.2, 0.25) is 5.91 Å². The number of carbonyl (C=O) groups is 2. The number of hydrogen-bond donors (Lipinski definition) is 3. The van der Waals surface area contributed by atoms with E-state index >= 15 is 0 Å². The number of rotatable bonds is 12. The minimum absolute atomic E-state index is 0.0373. The van der Waals surface area contributed by atoms with Crippen molar-refractivity contribution in [3.63, 3.8) is 0 Å². The first-order chi connectivity index (χ1) is 10.5. The lowest BCUT2D eigenvalue weighted by Gasteiger charge is -2.10. The average Bonchev–Trinajstić information content (AvgIpc) is 2.44. The van der Waals surface area contributed by atoms with Crippen LogP contribution in [0.4, 0.5) is 0 Å². The maximum absolute atomic E-state index is 11.6. The van der Waals surface area contributed by atoms with E-state index in [9.17, 15) is 9.59 Å². The van der Waals surface area contributed by atoms with Gasteiger partial charge in [0.15, 0.2) is 0 Å². The van der Waals surface area contributed by atoms with Crippen molar-refractivity contribution in [3.8, 4) is 0 Å². The largest absolute Gasteiger partial charge is 0.481 e. The maximum Gasteiger partial charge on any atom is 0.303 e. The van der Waals surface area contributed by atoms with Crippen LogP contribution < -0.4 is 10.6 Å². The van der Waals surface area contributed by atoms with Crippen molar-refractivity contribution in [1.82, 2.24) is 10.6 Å². The van der Waals surface area contributed by atoms with Crippen molar-refractivity contribution in [3.05, 3.63) is 23.9 Å². The minimum Gasteiger partial charge on any atom is -0.481 e. The van der Waals surface area contributed by atoms with E-state index < -0.39 is 5.97 Å². The van der Waals surface area contributed by atoms with Crippen molar-refractivity contribution in [1.29, 1.82) is 0 Å². The molecule has 126 valence electrons. The van der Waals surface area contributed by atoms with Crippen LogP contribution in [0.1, 0.15) is 59.3 Å². The summed E-state index contributed by atoms with van der Waals surface area (Å²) >= 11 is 0. The first-order valence-corrected chi connectivity index (χ1v) is 8.03. The van der Waals surface area contributed by atoms with E-state index in [1.54, 1.807) is 0 Å². The minimum atomic E-state index is -0.774. The average molecular weight is 310 g/mol. The highest BCUT2D eigenvalue weighted by Gasteiger charge is 2.01. The molecule has 0 aromatic rings. The molecule has 0 aliphatic carbocycles. The number of allylic oxidation sites excluding steroid dienone is 2. The van der Waals surface area contributed by atoms with E-state index in [-0.39, 0.29) is 12.3 Å². The number of carbonyl (C=O) groups excluding carboxylic acids is 1. The number of hydrogen-bond acceptors (Lipinski definition) is 3. The molecule has 0 aliphatic heterocycles. The Bertz CT molecular complexity index is 387. The molecule has 1 amide bonds. The van der Waals surface area contributed by atoms with Crippen molar-refractivity contribution in [2.75, 3.05) is 6.54 Å². The molecule has 0 saturated carbocycles. The van der Waals surface area contributed by atoms with Gasteiger partial charge in [0.05, 0.1) is 0 Å². The van der Waals surface area contributed by atoms with E-state index in [1.807, 2.05) is 25.2 Å². The summed E-state index contributed by atoms with van der Waals surface area (Å²) in [6.07, 6.45) is 9.70. The van der Waals surface area contributed by atoms with Crippen LogP contribution >= 0.6 is 0 Å². The summed E-state index contributed by atoms with van der Waals surface area (Å²) in [5, 5.41) is 14.7. The van der Waals surface area contributed by atoms with Crippen molar-refractivity contribution >= 4 is 11.9 Å². The van der Waals surface area contributed by atoms with Crippen molar-refractivity contribution < 1.29 is 14.7 Å². The SMILES string of the molecule is C/C=C(\C=C/CCNC(=O)CCCCCC(=O)O)NC(C)C. The molecule has 0 bridgehead atoms. The molecular formula is C17H30N2O3. The Morgan fingerprint density at radius 3 is 2.41 bits per heavy atom. The fourth-order valence-electron chi connectivity index (χ4n) is 1.89. The lowest BCUT2D eigenvalue weighted by Crippen LogP contribution is -2.23. The van der Waals surface area contributed by atoms with Gasteiger partial charge >= 0.3 is 5.97 Å². The predicted molar refractivity (Wildman–Crippen MR) is 89.5 cm³/mol. The zero-order chi connectivity index (χ0) is 16.8. The molecule has 0 heterocycles. The van der Waals surface area contributed by atoms with Crippen LogP contribution in [0.2, 0.25) is 0 Å². The zero-order valence-corrected chi connectivity index (χ0v) is 14.0. The van der Waals surface area contributed by atoms with Crippen LogP contribution in [0.3, 0.4) is 0 Å². The molecule has 3 N–H and O–H groups in total. The van der Waals surface area contributed by atoms with Gasteiger partial charge in [-0.15, -0.1) is 0 Å². The first kappa shape index (κ1) is 20.2. The topological polar surface area (TPSA) is 78.4 Å².